The van der Waals surface area contributed by atoms with Crippen LogP contribution in [0.2, 0.25) is 0 Å². The molecule has 152 valence electrons. The van der Waals surface area contributed by atoms with Crippen molar-refractivity contribution in [3.63, 3.8) is 0 Å². The Hall–Kier alpha value is -2.58. The van der Waals surface area contributed by atoms with Crippen LogP contribution in [0.25, 0.3) is 11.5 Å². The summed E-state index contributed by atoms with van der Waals surface area (Å²) in [5, 5.41) is 4.10. The third-order valence-corrected chi connectivity index (χ3v) is 7.24. The number of aromatic nitrogens is 2. The van der Waals surface area contributed by atoms with Gasteiger partial charge in [0.15, 0.2) is 5.82 Å². The molecule has 3 aromatic rings. The maximum absolute atomic E-state index is 13.8. The molecule has 0 amide bonds. The molecule has 0 bridgehead atoms. The Labute approximate surface area is 169 Å². The van der Waals surface area contributed by atoms with Crippen LogP contribution < -0.4 is 0 Å². The Bertz CT molecular complexity index is 1120. The first-order valence-corrected chi connectivity index (χ1v) is 11.0. The van der Waals surface area contributed by atoms with Gasteiger partial charge in [-0.3, -0.25) is 0 Å². The Balaban J connectivity index is 1.45. The van der Waals surface area contributed by atoms with E-state index in [9.17, 15) is 12.8 Å². The van der Waals surface area contributed by atoms with Gasteiger partial charge in [0.05, 0.1) is 4.90 Å². The minimum absolute atomic E-state index is 0.0136. The molecule has 0 radical (unpaired) electrons. The summed E-state index contributed by atoms with van der Waals surface area (Å²) < 4.78 is 46.2. The van der Waals surface area contributed by atoms with Crippen LogP contribution >= 0.6 is 0 Å². The zero-order valence-corrected chi connectivity index (χ0v) is 17.1. The van der Waals surface area contributed by atoms with Crippen LogP contribution in [0, 0.1) is 19.7 Å². The summed E-state index contributed by atoms with van der Waals surface area (Å²) in [5.74, 6) is 0.569. The molecular weight excluding hydrogens is 393 g/mol. The molecule has 0 saturated carbocycles. The molecule has 0 N–H and O–H groups in total. The Kier molecular flexibility index (Phi) is 5.23. The number of aryl methyl sites for hydroxylation is 2. The van der Waals surface area contributed by atoms with Crippen molar-refractivity contribution < 1.29 is 17.3 Å². The SMILES string of the molecule is Cc1ccc(-c2nc(C3CCN(S(=O)(=O)c4ccc(C)c(F)c4)CC3)no2)cc1. The van der Waals surface area contributed by atoms with E-state index >= 15 is 0 Å². The number of hydrogen-bond donors (Lipinski definition) is 0. The van der Waals surface area contributed by atoms with Crippen LogP contribution in [-0.2, 0) is 10.0 Å². The lowest BCUT2D eigenvalue weighted by Gasteiger charge is -2.29. The molecule has 0 unspecified atom stereocenters. The van der Waals surface area contributed by atoms with Gasteiger partial charge in [-0.05, 0) is 56.5 Å². The average molecular weight is 415 g/mol. The number of benzene rings is 2. The van der Waals surface area contributed by atoms with Gasteiger partial charge < -0.3 is 4.52 Å². The van der Waals surface area contributed by atoms with Crippen LogP contribution in [0.15, 0.2) is 51.9 Å². The van der Waals surface area contributed by atoms with Gasteiger partial charge in [-0.25, -0.2) is 12.8 Å². The fourth-order valence-corrected chi connectivity index (χ4v) is 4.93. The Morgan fingerprint density at radius 2 is 1.76 bits per heavy atom. The Morgan fingerprint density at radius 1 is 1.07 bits per heavy atom. The first-order chi connectivity index (χ1) is 13.8. The lowest BCUT2D eigenvalue weighted by molar-refractivity contribution is 0.307. The highest BCUT2D eigenvalue weighted by atomic mass is 32.2. The van der Waals surface area contributed by atoms with E-state index in [0.29, 0.717) is 43.2 Å². The maximum atomic E-state index is 13.8. The molecule has 1 aliphatic rings. The van der Waals surface area contributed by atoms with Crippen molar-refractivity contribution in [1.29, 1.82) is 0 Å². The number of nitrogens with zero attached hydrogens (tertiary/aromatic N) is 3. The standard InChI is InChI=1S/C21H22FN3O3S/c1-14-3-6-17(7-4-14)21-23-20(24-28-21)16-9-11-25(12-10-16)29(26,27)18-8-5-15(2)19(22)13-18/h3-8,13,16H,9-12H2,1-2H3. The van der Waals surface area contributed by atoms with Gasteiger partial charge in [-0.1, -0.05) is 28.9 Å². The molecule has 2 heterocycles. The number of sulfonamides is 1. The summed E-state index contributed by atoms with van der Waals surface area (Å²) in [6.07, 6.45) is 1.17. The molecule has 2 aromatic carbocycles. The molecule has 29 heavy (non-hydrogen) atoms. The van der Waals surface area contributed by atoms with Crippen LogP contribution in [0.3, 0.4) is 0 Å². The Morgan fingerprint density at radius 3 is 2.41 bits per heavy atom. The molecule has 8 heteroatoms. The van der Waals surface area contributed by atoms with Gasteiger partial charge in [-0.2, -0.15) is 9.29 Å². The predicted octanol–water partition coefficient (Wildman–Crippen LogP) is 4.06. The van der Waals surface area contributed by atoms with E-state index in [4.69, 9.17) is 4.52 Å². The number of hydrogen-bond acceptors (Lipinski definition) is 5. The topological polar surface area (TPSA) is 76.3 Å². The van der Waals surface area contributed by atoms with Gasteiger partial charge >= 0.3 is 0 Å². The highest BCUT2D eigenvalue weighted by molar-refractivity contribution is 7.89. The van der Waals surface area contributed by atoms with Crippen molar-refractivity contribution in [1.82, 2.24) is 14.4 Å². The van der Waals surface area contributed by atoms with E-state index < -0.39 is 15.8 Å². The summed E-state index contributed by atoms with van der Waals surface area (Å²) >= 11 is 0. The second-order valence-electron chi connectivity index (χ2n) is 7.41. The molecular formula is C21H22FN3O3S. The molecule has 1 aromatic heterocycles. The fraction of sp³-hybridized carbons (Fsp3) is 0.333. The van der Waals surface area contributed by atoms with Crippen molar-refractivity contribution in [3.05, 3.63) is 65.2 Å². The summed E-state index contributed by atoms with van der Waals surface area (Å²) in [6.45, 7) is 4.27. The lowest BCUT2D eigenvalue weighted by Crippen LogP contribution is -2.38. The zero-order chi connectivity index (χ0) is 20.6. The quantitative estimate of drug-likeness (QED) is 0.642. The second-order valence-corrected chi connectivity index (χ2v) is 9.35. The minimum Gasteiger partial charge on any atom is -0.334 e. The van der Waals surface area contributed by atoms with Gasteiger partial charge in [0.2, 0.25) is 10.0 Å². The molecule has 0 atom stereocenters. The van der Waals surface area contributed by atoms with E-state index in [1.165, 1.54) is 16.4 Å². The summed E-state index contributed by atoms with van der Waals surface area (Å²) in [5.41, 5.74) is 2.43. The molecule has 0 aliphatic carbocycles. The van der Waals surface area contributed by atoms with Gasteiger partial charge in [-0.15, -0.1) is 0 Å². The molecule has 1 saturated heterocycles. The second kappa shape index (κ2) is 7.68. The van der Waals surface area contributed by atoms with E-state index in [2.05, 4.69) is 10.1 Å². The molecule has 1 aliphatic heterocycles. The molecule has 0 spiro atoms. The van der Waals surface area contributed by atoms with Crippen LogP contribution in [0.5, 0.6) is 0 Å². The van der Waals surface area contributed by atoms with Gasteiger partial charge in [0, 0.05) is 24.6 Å². The molecule has 1 fully saturated rings. The van der Waals surface area contributed by atoms with Crippen molar-refractivity contribution in [2.24, 2.45) is 0 Å². The number of piperidine rings is 1. The van der Waals surface area contributed by atoms with E-state index in [-0.39, 0.29) is 10.8 Å². The highest BCUT2D eigenvalue weighted by Gasteiger charge is 2.32. The number of halogens is 1. The predicted molar refractivity (Wildman–Crippen MR) is 106 cm³/mol. The highest BCUT2D eigenvalue weighted by Crippen LogP contribution is 2.31. The largest absolute Gasteiger partial charge is 0.334 e. The maximum Gasteiger partial charge on any atom is 0.257 e. The van der Waals surface area contributed by atoms with E-state index in [1.807, 2.05) is 31.2 Å². The van der Waals surface area contributed by atoms with Crippen molar-refractivity contribution in [3.8, 4) is 11.5 Å². The van der Waals surface area contributed by atoms with Crippen molar-refractivity contribution >= 4 is 10.0 Å². The summed E-state index contributed by atoms with van der Waals surface area (Å²) in [6, 6.07) is 11.9. The zero-order valence-electron chi connectivity index (χ0n) is 16.3. The van der Waals surface area contributed by atoms with Gasteiger partial charge in [0.1, 0.15) is 5.82 Å². The third kappa shape index (κ3) is 3.95. The third-order valence-electron chi connectivity index (χ3n) is 5.34. The van der Waals surface area contributed by atoms with E-state index in [0.717, 1.165) is 17.2 Å². The smallest absolute Gasteiger partial charge is 0.257 e. The fourth-order valence-electron chi connectivity index (χ4n) is 3.45. The monoisotopic (exact) mass is 415 g/mol. The number of rotatable bonds is 4. The first kappa shape index (κ1) is 19.7. The molecule has 6 nitrogen and oxygen atoms in total. The minimum atomic E-state index is -3.72. The lowest BCUT2D eigenvalue weighted by atomic mass is 9.97. The van der Waals surface area contributed by atoms with Crippen LogP contribution in [-0.4, -0.2) is 36.0 Å². The van der Waals surface area contributed by atoms with Crippen LogP contribution in [0.1, 0.15) is 35.7 Å². The average Bonchev–Trinajstić information content (AvgIpc) is 3.21. The van der Waals surface area contributed by atoms with Crippen molar-refractivity contribution in [2.75, 3.05) is 13.1 Å². The normalized spacial score (nSPS) is 16.2. The van der Waals surface area contributed by atoms with Crippen molar-refractivity contribution in [2.45, 2.75) is 37.5 Å². The first-order valence-electron chi connectivity index (χ1n) is 9.51. The van der Waals surface area contributed by atoms with Gasteiger partial charge in [0.25, 0.3) is 5.89 Å². The summed E-state index contributed by atoms with van der Waals surface area (Å²) in [4.78, 5) is 4.49. The summed E-state index contributed by atoms with van der Waals surface area (Å²) in [7, 11) is -3.72. The van der Waals surface area contributed by atoms with E-state index in [1.54, 1.807) is 6.92 Å². The molecule has 4 rings (SSSR count). The van der Waals surface area contributed by atoms with Crippen LogP contribution in [0.4, 0.5) is 4.39 Å².